The van der Waals surface area contributed by atoms with Gasteiger partial charge in [0.1, 0.15) is 53.5 Å². The predicted octanol–water partition coefficient (Wildman–Crippen LogP) is 7.69. The molecule has 658 valence electrons. The lowest BCUT2D eigenvalue weighted by atomic mass is 9.80. The molecule has 2 bridgehead atoms. The number of cyclic esters (lactones) is 1. The molecule has 1 aromatic carbocycles. The molecular weight excluding hydrogens is 1540 g/mol. The van der Waals surface area contributed by atoms with Crippen molar-refractivity contribution in [2.45, 2.75) is 237 Å². The largest absolute Gasteiger partial charge is 0.459 e. The fourth-order valence-electron chi connectivity index (χ4n) is 15.5. The van der Waals surface area contributed by atoms with Crippen molar-refractivity contribution in [2.24, 2.45) is 34.5 Å². The number of ether oxygens (including phenoxy) is 9. The smallest absolute Gasteiger partial charge is 0.329 e. The summed E-state index contributed by atoms with van der Waals surface area (Å²) in [6, 6.07) is 3.38. The minimum absolute atomic E-state index is 0.0227. The summed E-state index contributed by atoms with van der Waals surface area (Å²) >= 11 is 0. The Morgan fingerprint density at radius 2 is 1.50 bits per heavy atom. The topological polar surface area (TPSA) is 486 Å². The highest BCUT2D eigenvalue weighted by atomic mass is 16.6. The lowest BCUT2D eigenvalue weighted by Gasteiger charge is -2.40. The first-order chi connectivity index (χ1) is 57.3. The summed E-state index contributed by atoms with van der Waals surface area (Å²) in [6.45, 7) is 13.9. The molecule has 8 rings (SSSR count). The molecule has 3 aliphatic heterocycles. The third-order valence-corrected chi connectivity index (χ3v) is 22.3. The average molecular weight is 1670 g/mol. The number of benzene rings is 1. The summed E-state index contributed by atoms with van der Waals surface area (Å²) in [4.78, 5) is 110. The number of aliphatic hydroxyl groups is 3. The van der Waals surface area contributed by atoms with Crippen LogP contribution in [0.2, 0.25) is 0 Å². The summed E-state index contributed by atoms with van der Waals surface area (Å²) < 4.78 is 60.2. The van der Waals surface area contributed by atoms with Crippen molar-refractivity contribution in [1.29, 1.82) is 5.53 Å². The van der Waals surface area contributed by atoms with Crippen LogP contribution < -0.4 is 33.2 Å². The number of allylic oxidation sites excluding steroid dienone is 7. The van der Waals surface area contributed by atoms with Crippen LogP contribution in [0.25, 0.3) is 33.4 Å². The number of hydrogen-bond acceptors (Lipinski definition) is 30. The van der Waals surface area contributed by atoms with Crippen molar-refractivity contribution >= 4 is 75.0 Å². The zero-order valence-corrected chi connectivity index (χ0v) is 70.2. The number of methoxy groups -OCH3 is 2. The molecule has 3 aromatic heterocycles. The number of aliphatic hydroxyl groups excluding tert-OH is 2. The maximum Gasteiger partial charge on any atom is 0.329 e. The fraction of sp³-hybridized carbons (Fsp3) is 0.659. The van der Waals surface area contributed by atoms with Crippen LogP contribution in [0.15, 0.2) is 93.6 Å². The maximum atomic E-state index is 14.6. The van der Waals surface area contributed by atoms with Gasteiger partial charge in [-0.3, -0.25) is 28.8 Å². The van der Waals surface area contributed by atoms with E-state index in [0.29, 0.717) is 221 Å². The van der Waals surface area contributed by atoms with Crippen LogP contribution in [-0.4, -0.2) is 246 Å². The number of unbranched alkanes of at least 4 members (excludes halogenated alkanes) is 2. The first-order valence-corrected chi connectivity index (χ1v) is 42.1. The van der Waals surface area contributed by atoms with Crippen LogP contribution in [-0.2, 0) is 82.7 Å². The molecule has 0 radical (unpaired) electrons. The van der Waals surface area contributed by atoms with Crippen LogP contribution in [0.5, 0.6) is 0 Å². The van der Waals surface area contributed by atoms with Crippen molar-refractivity contribution < 1.29 is 95.9 Å². The number of hydrogen-bond donors (Lipinski definition) is 10. The highest BCUT2D eigenvalue weighted by molar-refractivity contribution is 6.39. The predicted molar refractivity (Wildman–Crippen MR) is 443 cm³/mol. The third kappa shape index (κ3) is 30.2. The molecule has 14 atom stereocenters. The second-order valence-corrected chi connectivity index (χ2v) is 31.5. The van der Waals surface area contributed by atoms with Gasteiger partial charge in [0.25, 0.3) is 17.7 Å². The maximum absolute atomic E-state index is 14.6. The first kappa shape index (κ1) is 95.8. The van der Waals surface area contributed by atoms with Gasteiger partial charge in [0.15, 0.2) is 17.0 Å². The zero-order chi connectivity index (χ0) is 85.8. The van der Waals surface area contributed by atoms with E-state index in [1.54, 1.807) is 45.0 Å². The quantitative estimate of drug-likeness (QED) is 0.00675. The van der Waals surface area contributed by atoms with Crippen molar-refractivity contribution in [3.8, 4) is 11.3 Å². The molecule has 4 aliphatic rings. The number of aromatic nitrogens is 5. The van der Waals surface area contributed by atoms with Gasteiger partial charge in [-0.1, -0.05) is 57.2 Å². The van der Waals surface area contributed by atoms with Gasteiger partial charge < -0.3 is 100 Å². The van der Waals surface area contributed by atoms with E-state index in [-0.39, 0.29) is 92.5 Å². The molecule has 34 nitrogen and oxygen atoms in total. The van der Waals surface area contributed by atoms with Gasteiger partial charge in [-0.25, -0.2) is 25.0 Å². The SMILES string of the molecule is COC1C[C@@H]2CCC[C@@](O)(O2)C(=O)C(=O)N2CCCC[C@H]2C(=O)OC([C@H](N)CC2CCC(OCCCC/C(=C/NCCOCCOCCOCCOCCNC(=O)CCCC(=O)NCCCCn3nc(-c4ccc5oc(N)nc5c4)c4c(N)ncnc43)N=N)[C@H](OC)C2)CC(=O)C(C)/C=C(\C)[C@@H](O)[C@@H](O)C(=O)C(C)CC(C)/C=C/C=C/C=C/1C. The number of oxazole rings is 1. The van der Waals surface area contributed by atoms with Gasteiger partial charge in [0.2, 0.25) is 17.6 Å². The van der Waals surface area contributed by atoms with E-state index in [2.05, 4.69) is 36.0 Å². The molecule has 0 spiro atoms. The Balaban J connectivity index is 0.673. The minimum Gasteiger partial charge on any atom is -0.459 e. The van der Waals surface area contributed by atoms with Crippen molar-refractivity contribution in [2.75, 3.05) is 111 Å². The van der Waals surface area contributed by atoms with Gasteiger partial charge in [-0.05, 0) is 158 Å². The number of rotatable bonds is 38. The Morgan fingerprint density at radius 3 is 2.22 bits per heavy atom. The van der Waals surface area contributed by atoms with E-state index in [1.165, 1.54) is 19.3 Å². The van der Waals surface area contributed by atoms with Gasteiger partial charge >= 0.3 is 5.97 Å². The Morgan fingerprint density at radius 1 is 0.773 bits per heavy atom. The number of nitrogen functional groups attached to an aromatic ring is 2. The number of ketones is 3. The Kier molecular flexibility index (Phi) is 40.2. The number of esters is 1. The number of nitrogens with one attached hydrogen (secondary N) is 4. The lowest BCUT2D eigenvalue weighted by molar-refractivity contribution is -0.245. The number of carbonyl (C=O) groups is 7. The summed E-state index contributed by atoms with van der Waals surface area (Å²) in [7, 11) is 3.17. The minimum atomic E-state index is -2.45. The van der Waals surface area contributed by atoms with Crippen molar-refractivity contribution in [1.82, 2.24) is 45.6 Å². The Bertz CT molecular complexity index is 4090. The van der Waals surface area contributed by atoms with Gasteiger partial charge in [0, 0.05) is 115 Å². The van der Waals surface area contributed by atoms with Crippen molar-refractivity contribution in [3.63, 3.8) is 0 Å². The second kappa shape index (κ2) is 49.9. The van der Waals surface area contributed by atoms with E-state index in [1.807, 2.05) is 56.4 Å². The second-order valence-electron chi connectivity index (χ2n) is 31.5. The lowest BCUT2D eigenvalue weighted by Crippen LogP contribution is -2.58. The molecule has 13 N–H and O–H groups in total. The molecule has 1 aliphatic carbocycles. The first-order valence-electron chi connectivity index (χ1n) is 42.1. The molecule has 7 unspecified atom stereocenters. The number of piperidine rings is 1. The van der Waals surface area contributed by atoms with E-state index in [0.717, 1.165) is 16.0 Å². The molecule has 6 heterocycles. The van der Waals surface area contributed by atoms with Crippen LogP contribution in [0.1, 0.15) is 169 Å². The number of amides is 3. The summed E-state index contributed by atoms with van der Waals surface area (Å²) in [5.74, 6) is -8.15. The van der Waals surface area contributed by atoms with Gasteiger partial charge in [-0.15, -0.1) is 0 Å². The number of fused-ring (bicyclic) bond motifs is 5. The molecular formula is C85H128N14O20. The Hall–Kier alpha value is -8.65. The number of nitrogens with zero attached hydrogens (tertiary/aromatic N) is 7. The molecule has 4 aromatic rings. The number of anilines is 2. The number of carbonyl (C=O) groups excluding carboxylic acids is 7. The van der Waals surface area contributed by atoms with Crippen LogP contribution in [0, 0.1) is 29.2 Å². The van der Waals surface area contributed by atoms with Gasteiger partial charge in [-0.2, -0.15) is 15.2 Å². The van der Waals surface area contributed by atoms with Crippen LogP contribution in [0.4, 0.5) is 11.8 Å². The van der Waals surface area contributed by atoms with Crippen LogP contribution in [0.3, 0.4) is 0 Å². The summed E-state index contributed by atoms with van der Waals surface area (Å²) in [5, 5.41) is 52.4. The third-order valence-electron chi connectivity index (χ3n) is 22.3. The highest BCUT2D eigenvalue weighted by Crippen LogP contribution is 2.37. The summed E-state index contributed by atoms with van der Waals surface area (Å²) in [6.07, 6.45) is 16.3. The molecule has 3 amide bonds. The standard InChI is InChI=1S/C85H128N14O20/c1-54-19-9-8-10-20-55(2)69(110-6)50-62-22-18-30-85(109,119-62)79(106)82(107)98-34-14-11-23-65(98)83(108)117-70(51-66(100)56(3)46-58(5)77(104)78(105)76(103)57(4)45-54)63(86)47-59-26-28-68(71(48-59)111-7)116-36-16-12-21-61(96-89)52-90-32-37-112-39-41-114-43-44-115-42-40-113-38-33-92-73(102)25-17-24-72(101)91-31-13-15-35-99-81-74(80(87)93-53-94-81)75(97-99)60-27-29-67-64(49-60)95-84(88)118-67/h8-10,19-20,27,29,46,49,52-54,56-57,59,62-63,65,68-71,77-78,89-90,104-105,109H,11-18,21-26,28,30-45,47-48,50-51,86H2,1-7H3,(H2,88,95)(H,91,101)(H,92,102)(H2,87,93,94)/b10-8+,19-9+,55-20+,58-46+,61-52-,96-89?/t54?,56?,57?,59?,62-,63+,65-,68?,69?,70?,71+,77+,78-,85+/m0/s1. The van der Waals surface area contributed by atoms with Crippen LogP contribution >= 0.6 is 0 Å². The molecule has 34 heteroatoms. The molecule has 3 fully saturated rings. The van der Waals surface area contributed by atoms with E-state index >= 15 is 0 Å². The molecule has 2 saturated heterocycles. The number of nitrogens with two attached hydrogens (primary N) is 3. The van der Waals surface area contributed by atoms with E-state index in [4.69, 9.17) is 74.9 Å². The average Bonchev–Trinajstić information content (AvgIpc) is 1.58. The highest BCUT2D eigenvalue weighted by Gasteiger charge is 2.50. The summed E-state index contributed by atoms with van der Waals surface area (Å²) in [5.41, 5.74) is 31.5. The van der Waals surface area contributed by atoms with E-state index < -0.39 is 89.5 Å². The van der Waals surface area contributed by atoms with E-state index in [9.17, 15) is 48.9 Å². The number of aryl methyl sites for hydroxylation is 1. The normalized spacial score (nSPS) is 26.9. The zero-order valence-electron chi connectivity index (χ0n) is 70.2. The monoisotopic (exact) mass is 1660 g/mol. The molecule has 1 saturated carbocycles. The fourth-order valence-corrected chi connectivity index (χ4v) is 15.5. The molecule has 119 heavy (non-hydrogen) atoms. The Labute approximate surface area is 696 Å². The number of Topliss-reactive ketones (excluding diaryl/α,β-unsaturated/α-hetero) is 3. The van der Waals surface area contributed by atoms with Crippen molar-refractivity contribution in [3.05, 3.63) is 84.0 Å². The van der Waals surface area contributed by atoms with Gasteiger partial charge in [0.05, 0.1) is 88.4 Å².